The molecule has 0 spiro atoms. The van der Waals surface area contributed by atoms with Crippen molar-refractivity contribution in [1.82, 2.24) is 4.98 Å². The number of thioether (sulfide) groups is 1. The van der Waals surface area contributed by atoms with Gasteiger partial charge in [0.05, 0.1) is 22.5 Å². The molecule has 2 aliphatic heterocycles. The summed E-state index contributed by atoms with van der Waals surface area (Å²) in [6.45, 7) is 0. The van der Waals surface area contributed by atoms with Gasteiger partial charge in [0.2, 0.25) is 11.8 Å². The lowest BCUT2D eigenvalue weighted by atomic mass is 9.68. The van der Waals surface area contributed by atoms with E-state index in [4.69, 9.17) is 0 Å². The summed E-state index contributed by atoms with van der Waals surface area (Å²) in [6, 6.07) is 15.7. The third kappa shape index (κ3) is 2.62. The molecule has 1 aromatic heterocycles. The van der Waals surface area contributed by atoms with Gasteiger partial charge in [-0.15, -0.1) is 11.8 Å². The Kier molecular flexibility index (Phi) is 4.13. The molecule has 33 heavy (non-hydrogen) atoms. The third-order valence-corrected chi connectivity index (χ3v) is 10.6. The van der Waals surface area contributed by atoms with Crippen molar-refractivity contribution in [2.45, 2.75) is 22.6 Å². The van der Waals surface area contributed by atoms with Gasteiger partial charge in [-0.3, -0.25) is 19.3 Å². The predicted molar refractivity (Wildman–Crippen MR) is 124 cm³/mol. The maximum Gasteiger partial charge on any atom is 0.305 e. The topological polar surface area (TPSA) is 70.2 Å². The highest BCUT2D eigenvalue weighted by Crippen LogP contribution is 2.68. The normalized spacial score (nSPS) is 33.8. The summed E-state index contributed by atoms with van der Waals surface area (Å²) in [5, 5.41) is 0.998. The average Bonchev–Trinajstić information content (AvgIpc) is 3.54. The minimum Gasteiger partial charge on any atom is -0.307 e. The molecule has 4 aliphatic rings. The number of anilines is 1. The van der Waals surface area contributed by atoms with Crippen molar-refractivity contribution in [2.24, 2.45) is 29.6 Å². The first-order chi connectivity index (χ1) is 16.0. The van der Waals surface area contributed by atoms with Crippen LogP contribution in [-0.4, -0.2) is 22.0 Å². The molecule has 3 aromatic rings. The number of aromatic nitrogens is 1. The van der Waals surface area contributed by atoms with Gasteiger partial charge in [0.15, 0.2) is 0 Å². The lowest BCUT2D eigenvalue weighted by Crippen LogP contribution is -2.42. The van der Waals surface area contributed by atoms with Crippen molar-refractivity contribution >= 4 is 40.6 Å². The molecular weight excluding hydrogens is 459 g/mol. The minimum absolute atomic E-state index is 0.0584. The summed E-state index contributed by atoms with van der Waals surface area (Å²) in [5.41, 5.74) is 1.60. The molecule has 1 saturated heterocycles. The standard InChI is InChI=1S/C25H19FN2O3S2/c26-12-8-6-11(7-9-12)16-17-14-10-15(20(17)32-22-21(16)33-25(31)27-22)19-18(14)23(29)28(24(19)30)13-4-2-1-3-5-13/h1-9,14-20H,10H2,(H,27,31)/t14-,15+,16+,17+,18-,19+,20-/m1/s1. The SMILES string of the molecule is O=C1[C@@H]2[C@@H]3C[C@H]([C@H]4Sc5[nH]c(=O)sc5[C@@H](c5ccc(F)cc5)[C@H]34)[C@@H]2C(=O)N1c1ccccc1. The van der Waals surface area contributed by atoms with Crippen LogP contribution in [0.4, 0.5) is 10.1 Å². The van der Waals surface area contributed by atoms with Crippen LogP contribution in [0.2, 0.25) is 0 Å². The summed E-state index contributed by atoms with van der Waals surface area (Å²) in [5.74, 6) is -0.946. The Labute approximate surface area is 197 Å². The number of nitrogens with zero attached hydrogens (tertiary/aromatic N) is 1. The number of halogens is 1. The average molecular weight is 479 g/mol. The van der Waals surface area contributed by atoms with Gasteiger partial charge >= 0.3 is 4.87 Å². The zero-order chi connectivity index (χ0) is 22.4. The number of hydrogen-bond acceptors (Lipinski definition) is 5. The second-order valence-corrected chi connectivity index (χ2v) is 11.6. The van der Waals surface area contributed by atoms with Crippen LogP contribution in [0.3, 0.4) is 0 Å². The minimum atomic E-state index is -0.329. The van der Waals surface area contributed by atoms with Crippen molar-refractivity contribution in [3.8, 4) is 0 Å². The van der Waals surface area contributed by atoms with Crippen LogP contribution in [0.15, 0.2) is 64.4 Å². The summed E-state index contributed by atoms with van der Waals surface area (Å²) in [7, 11) is 0. The first kappa shape index (κ1) is 19.7. The molecule has 2 aliphatic carbocycles. The fourth-order valence-electron chi connectivity index (χ4n) is 6.89. The Morgan fingerprint density at radius 1 is 0.909 bits per heavy atom. The maximum absolute atomic E-state index is 13.7. The lowest BCUT2D eigenvalue weighted by Gasteiger charge is -2.43. The molecule has 1 N–H and O–H groups in total. The Morgan fingerprint density at radius 2 is 1.61 bits per heavy atom. The van der Waals surface area contributed by atoms with Gasteiger partial charge < -0.3 is 4.98 Å². The van der Waals surface area contributed by atoms with E-state index >= 15 is 0 Å². The quantitative estimate of drug-likeness (QED) is 0.559. The summed E-state index contributed by atoms with van der Waals surface area (Å²) in [6.07, 6.45) is 0.842. The van der Waals surface area contributed by atoms with Crippen LogP contribution in [0.1, 0.15) is 22.8 Å². The van der Waals surface area contributed by atoms with Crippen LogP contribution in [0.5, 0.6) is 0 Å². The Hall–Kier alpha value is -2.71. The van der Waals surface area contributed by atoms with Gasteiger partial charge in [-0.2, -0.15) is 0 Å². The maximum atomic E-state index is 13.7. The van der Waals surface area contributed by atoms with E-state index < -0.39 is 0 Å². The van der Waals surface area contributed by atoms with E-state index in [0.717, 1.165) is 21.9 Å². The number of benzene rings is 2. The first-order valence-electron chi connectivity index (χ1n) is 11.1. The number of imide groups is 1. The smallest absolute Gasteiger partial charge is 0.305 e. The number of amides is 2. The lowest BCUT2D eigenvalue weighted by molar-refractivity contribution is -0.123. The number of nitrogens with one attached hydrogen (secondary N) is 1. The zero-order valence-electron chi connectivity index (χ0n) is 17.3. The highest BCUT2D eigenvalue weighted by molar-refractivity contribution is 8.00. The second kappa shape index (κ2) is 6.90. The number of hydrogen-bond donors (Lipinski definition) is 1. The molecule has 0 radical (unpaired) electrons. The van der Waals surface area contributed by atoms with Gasteiger partial charge in [0.1, 0.15) is 5.82 Å². The molecule has 7 rings (SSSR count). The predicted octanol–water partition coefficient (Wildman–Crippen LogP) is 4.25. The molecule has 3 fully saturated rings. The molecular formula is C25H19FN2O3S2. The molecule has 2 saturated carbocycles. The highest BCUT2D eigenvalue weighted by Gasteiger charge is 2.69. The van der Waals surface area contributed by atoms with E-state index in [1.54, 1.807) is 23.9 Å². The van der Waals surface area contributed by atoms with E-state index in [1.807, 2.05) is 30.3 Å². The zero-order valence-corrected chi connectivity index (χ0v) is 18.9. The molecule has 0 unspecified atom stereocenters. The Bertz CT molecular complexity index is 1350. The highest BCUT2D eigenvalue weighted by atomic mass is 32.2. The summed E-state index contributed by atoms with van der Waals surface area (Å²) >= 11 is 2.87. The molecule has 7 atom stereocenters. The van der Waals surface area contributed by atoms with Crippen LogP contribution in [0.25, 0.3) is 0 Å². The first-order valence-corrected chi connectivity index (χ1v) is 12.8. The van der Waals surface area contributed by atoms with Crippen LogP contribution in [0, 0.1) is 35.4 Å². The van der Waals surface area contributed by atoms with Crippen molar-refractivity contribution < 1.29 is 14.0 Å². The van der Waals surface area contributed by atoms with Gasteiger partial charge in [-0.05, 0) is 54.0 Å². The van der Waals surface area contributed by atoms with Gasteiger partial charge in [-0.1, -0.05) is 41.7 Å². The Balaban J connectivity index is 1.34. The number of para-hydroxylation sites is 1. The van der Waals surface area contributed by atoms with E-state index in [1.165, 1.54) is 28.4 Å². The number of H-pyrrole nitrogens is 1. The van der Waals surface area contributed by atoms with Gasteiger partial charge in [0.25, 0.3) is 0 Å². The Morgan fingerprint density at radius 3 is 2.33 bits per heavy atom. The van der Waals surface area contributed by atoms with Gasteiger partial charge in [0, 0.05) is 16.0 Å². The fourth-order valence-corrected chi connectivity index (χ4v) is 9.78. The van der Waals surface area contributed by atoms with Crippen LogP contribution in [-0.2, 0) is 9.59 Å². The second-order valence-electron chi connectivity index (χ2n) is 9.36. The molecule has 8 heteroatoms. The summed E-state index contributed by atoms with van der Waals surface area (Å²) < 4.78 is 13.7. The van der Waals surface area contributed by atoms with E-state index in [9.17, 15) is 18.8 Å². The van der Waals surface area contributed by atoms with Crippen molar-refractivity contribution in [3.05, 3.63) is 80.5 Å². The largest absolute Gasteiger partial charge is 0.307 e. The van der Waals surface area contributed by atoms with Crippen LogP contribution >= 0.6 is 23.1 Å². The van der Waals surface area contributed by atoms with E-state index in [-0.39, 0.29) is 63.3 Å². The fraction of sp³-hybridized carbons (Fsp3) is 0.320. The number of fused-ring (bicyclic) bond motifs is 9. The van der Waals surface area contributed by atoms with E-state index in [2.05, 4.69) is 4.98 Å². The van der Waals surface area contributed by atoms with Gasteiger partial charge in [-0.25, -0.2) is 4.39 Å². The van der Waals surface area contributed by atoms with E-state index in [0.29, 0.717) is 5.69 Å². The molecule has 2 bridgehead atoms. The van der Waals surface area contributed by atoms with Crippen molar-refractivity contribution in [3.63, 3.8) is 0 Å². The molecule has 166 valence electrons. The monoisotopic (exact) mass is 478 g/mol. The summed E-state index contributed by atoms with van der Waals surface area (Å²) in [4.78, 5) is 44.6. The molecule has 3 heterocycles. The van der Waals surface area contributed by atoms with Crippen LogP contribution < -0.4 is 9.77 Å². The number of rotatable bonds is 2. The number of aromatic amines is 1. The molecule has 5 nitrogen and oxygen atoms in total. The van der Waals surface area contributed by atoms with Crippen molar-refractivity contribution in [1.29, 1.82) is 0 Å². The molecule has 2 amide bonds. The number of carbonyl (C=O) groups excluding carboxylic acids is 2. The third-order valence-electron chi connectivity index (χ3n) is 7.97. The van der Waals surface area contributed by atoms with Crippen molar-refractivity contribution in [2.75, 3.05) is 4.90 Å². The number of thiazole rings is 1. The number of carbonyl (C=O) groups is 2. The molecule has 2 aromatic carbocycles.